The van der Waals surface area contributed by atoms with Crippen molar-refractivity contribution in [3.05, 3.63) is 35.4 Å². The fourth-order valence-electron chi connectivity index (χ4n) is 2.60. The predicted molar refractivity (Wildman–Crippen MR) is 88.1 cm³/mol. The molecular weight excluding hydrogens is 262 g/mol. The lowest BCUT2D eigenvalue weighted by Crippen LogP contribution is -2.44. The molecule has 0 saturated carbocycles. The summed E-state index contributed by atoms with van der Waals surface area (Å²) in [6.45, 7) is 8.44. The summed E-state index contributed by atoms with van der Waals surface area (Å²) in [6, 6.07) is 8.56. The first-order valence-electron chi connectivity index (χ1n) is 7.66. The summed E-state index contributed by atoms with van der Waals surface area (Å²) in [4.78, 5) is 14.0. The molecular formula is C17H29N3O. The maximum atomic E-state index is 12.0. The molecule has 0 aliphatic rings. The molecule has 1 aromatic carbocycles. The van der Waals surface area contributed by atoms with Crippen LogP contribution in [0.5, 0.6) is 0 Å². The number of rotatable bonds is 7. The van der Waals surface area contributed by atoms with Crippen molar-refractivity contribution in [1.29, 1.82) is 0 Å². The molecule has 2 atom stereocenters. The predicted octanol–water partition coefficient (Wildman–Crippen LogP) is 2.23. The van der Waals surface area contributed by atoms with Crippen molar-refractivity contribution >= 4 is 5.91 Å². The van der Waals surface area contributed by atoms with Crippen LogP contribution in [0.2, 0.25) is 0 Å². The molecule has 3 N–H and O–H groups in total. The molecule has 0 bridgehead atoms. The molecule has 1 rings (SSSR count). The van der Waals surface area contributed by atoms with Crippen LogP contribution in [0.15, 0.2) is 24.3 Å². The molecule has 0 saturated heterocycles. The van der Waals surface area contributed by atoms with Crippen LogP contribution < -0.4 is 11.1 Å². The first kappa shape index (κ1) is 17.7. The van der Waals surface area contributed by atoms with Gasteiger partial charge in [-0.05, 0) is 39.8 Å². The van der Waals surface area contributed by atoms with Crippen LogP contribution in [-0.2, 0) is 4.79 Å². The highest BCUT2D eigenvalue weighted by atomic mass is 16.2. The van der Waals surface area contributed by atoms with E-state index in [1.807, 2.05) is 31.9 Å². The Labute approximate surface area is 128 Å². The molecule has 4 heteroatoms. The Hall–Kier alpha value is -1.39. The van der Waals surface area contributed by atoms with Gasteiger partial charge in [0.1, 0.15) is 0 Å². The highest BCUT2D eigenvalue weighted by Gasteiger charge is 2.24. The van der Waals surface area contributed by atoms with E-state index in [1.54, 1.807) is 0 Å². The zero-order chi connectivity index (χ0) is 16.0. The number of amides is 1. The summed E-state index contributed by atoms with van der Waals surface area (Å²) >= 11 is 0. The van der Waals surface area contributed by atoms with E-state index in [0.717, 1.165) is 6.42 Å². The summed E-state index contributed by atoms with van der Waals surface area (Å²) in [5, 5.41) is 2.93. The number of aryl methyl sites for hydroxylation is 1. The third-order valence-electron chi connectivity index (χ3n) is 3.58. The number of benzene rings is 1. The summed E-state index contributed by atoms with van der Waals surface area (Å²) in [5.74, 6) is 0.0356. The molecule has 21 heavy (non-hydrogen) atoms. The van der Waals surface area contributed by atoms with Crippen LogP contribution >= 0.6 is 0 Å². The lowest BCUT2D eigenvalue weighted by molar-refractivity contribution is -0.123. The maximum absolute atomic E-state index is 12.0. The Morgan fingerprint density at radius 1 is 1.38 bits per heavy atom. The van der Waals surface area contributed by atoms with Gasteiger partial charge in [0.15, 0.2) is 0 Å². The van der Waals surface area contributed by atoms with Crippen molar-refractivity contribution in [3.63, 3.8) is 0 Å². The molecule has 2 unspecified atom stereocenters. The van der Waals surface area contributed by atoms with Gasteiger partial charge < -0.3 is 11.1 Å². The Balaban J connectivity index is 2.90. The molecule has 0 aromatic heterocycles. The Morgan fingerprint density at radius 2 is 2.05 bits per heavy atom. The first-order chi connectivity index (χ1) is 9.85. The van der Waals surface area contributed by atoms with Crippen LogP contribution in [0.3, 0.4) is 0 Å². The molecule has 0 aliphatic heterocycles. The normalized spacial score (nSPS) is 14.3. The zero-order valence-corrected chi connectivity index (χ0v) is 13.9. The SMILES string of the molecule is CCC(N)C(c1cccc(C)c1)N(C)CC(=O)NC(C)C. The van der Waals surface area contributed by atoms with Crippen molar-refractivity contribution in [2.45, 2.75) is 52.2 Å². The largest absolute Gasteiger partial charge is 0.353 e. The monoisotopic (exact) mass is 291 g/mol. The Morgan fingerprint density at radius 3 is 2.57 bits per heavy atom. The van der Waals surface area contributed by atoms with Gasteiger partial charge >= 0.3 is 0 Å². The van der Waals surface area contributed by atoms with Crippen molar-refractivity contribution in [3.8, 4) is 0 Å². The second-order valence-corrected chi connectivity index (χ2v) is 6.07. The smallest absolute Gasteiger partial charge is 0.234 e. The van der Waals surface area contributed by atoms with Crippen molar-refractivity contribution < 1.29 is 4.79 Å². The highest BCUT2D eigenvalue weighted by molar-refractivity contribution is 5.78. The fourth-order valence-corrected chi connectivity index (χ4v) is 2.60. The molecule has 1 aromatic rings. The van der Waals surface area contributed by atoms with Crippen molar-refractivity contribution in [2.75, 3.05) is 13.6 Å². The third kappa shape index (κ3) is 5.48. The quantitative estimate of drug-likeness (QED) is 0.810. The second kappa shape index (κ2) is 8.15. The van der Waals surface area contributed by atoms with E-state index in [0.29, 0.717) is 6.54 Å². The minimum Gasteiger partial charge on any atom is -0.353 e. The van der Waals surface area contributed by atoms with Gasteiger partial charge in [-0.3, -0.25) is 9.69 Å². The lowest BCUT2D eigenvalue weighted by Gasteiger charge is -2.32. The number of nitrogens with zero attached hydrogens (tertiary/aromatic N) is 1. The van der Waals surface area contributed by atoms with Crippen LogP contribution in [0.4, 0.5) is 0 Å². The molecule has 1 amide bonds. The number of nitrogens with two attached hydrogens (primary N) is 1. The second-order valence-electron chi connectivity index (χ2n) is 6.07. The molecule has 0 fully saturated rings. The average molecular weight is 291 g/mol. The summed E-state index contributed by atoms with van der Waals surface area (Å²) in [6.07, 6.45) is 0.870. The molecule has 0 heterocycles. The fraction of sp³-hybridized carbons (Fsp3) is 0.588. The van der Waals surface area contributed by atoms with Gasteiger partial charge in [0, 0.05) is 12.1 Å². The van der Waals surface area contributed by atoms with Crippen molar-refractivity contribution in [2.24, 2.45) is 5.73 Å². The minimum atomic E-state index is 0.00338. The number of hydrogen-bond acceptors (Lipinski definition) is 3. The van der Waals surface area contributed by atoms with Gasteiger partial charge in [0.05, 0.1) is 12.6 Å². The first-order valence-corrected chi connectivity index (χ1v) is 7.66. The maximum Gasteiger partial charge on any atom is 0.234 e. The van der Waals surface area contributed by atoms with E-state index >= 15 is 0 Å². The van der Waals surface area contributed by atoms with Gasteiger partial charge in [-0.1, -0.05) is 36.8 Å². The number of carbonyl (C=O) groups is 1. The summed E-state index contributed by atoms with van der Waals surface area (Å²) < 4.78 is 0. The van der Waals surface area contributed by atoms with Gasteiger partial charge in [0.2, 0.25) is 5.91 Å². The molecule has 118 valence electrons. The van der Waals surface area contributed by atoms with Crippen LogP contribution in [0.1, 0.15) is 44.4 Å². The number of likely N-dealkylation sites (N-methyl/N-ethyl adjacent to an activating group) is 1. The number of hydrogen-bond donors (Lipinski definition) is 2. The average Bonchev–Trinajstić information content (AvgIpc) is 2.37. The topological polar surface area (TPSA) is 58.4 Å². The number of nitrogens with one attached hydrogen (secondary N) is 1. The van der Waals surface area contributed by atoms with E-state index in [-0.39, 0.29) is 24.0 Å². The van der Waals surface area contributed by atoms with E-state index < -0.39 is 0 Å². The molecule has 4 nitrogen and oxygen atoms in total. The third-order valence-corrected chi connectivity index (χ3v) is 3.58. The van der Waals surface area contributed by atoms with Crippen LogP contribution in [0, 0.1) is 6.92 Å². The zero-order valence-electron chi connectivity index (χ0n) is 13.9. The highest BCUT2D eigenvalue weighted by Crippen LogP contribution is 2.24. The summed E-state index contributed by atoms with van der Waals surface area (Å²) in [7, 11) is 1.96. The lowest BCUT2D eigenvalue weighted by atomic mass is 9.95. The number of carbonyl (C=O) groups excluding carboxylic acids is 1. The Bertz CT molecular complexity index is 459. The summed E-state index contributed by atoms with van der Waals surface area (Å²) in [5.41, 5.74) is 8.68. The standard InChI is InChI=1S/C17H29N3O/c1-6-15(18)17(14-9-7-8-13(4)10-14)20(5)11-16(21)19-12(2)3/h7-10,12,15,17H,6,11,18H2,1-5H3,(H,19,21). The van der Waals surface area contributed by atoms with Crippen LogP contribution in [-0.4, -0.2) is 36.5 Å². The van der Waals surface area contributed by atoms with Gasteiger partial charge in [0.25, 0.3) is 0 Å². The molecule has 0 aliphatic carbocycles. The Kier molecular flexibility index (Phi) is 6.85. The van der Waals surface area contributed by atoms with Gasteiger partial charge in [-0.15, -0.1) is 0 Å². The van der Waals surface area contributed by atoms with E-state index in [1.165, 1.54) is 11.1 Å². The van der Waals surface area contributed by atoms with Gasteiger partial charge in [-0.2, -0.15) is 0 Å². The van der Waals surface area contributed by atoms with E-state index in [4.69, 9.17) is 5.73 Å². The molecule has 0 spiro atoms. The molecule has 0 radical (unpaired) electrons. The van der Waals surface area contributed by atoms with E-state index in [9.17, 15) is 4.79 Å². The van der Waals surface area contributed by atoms with E-state index in [2.05, 4.69) is 37.4 Å². The van der Waals surface area contributed by atoms with Crippen molar-refractivity contribution in [1.82, 2.24) is 10.2 Å². The minimum absolute atomic E-state index is 0.00338. The van der Waals surface area contributed by atoms with Crippen LogP contribution in [0.25, 0.3) is 0 Å². The van der Waals surface area contributed by atoms with Gasteiger partial charge in [-0.25, -0.2) is 0 Å².